The number of nitrogens with one attached hydrogen (secondary N) is 2. The molecule has 0 atom stereocenters. The van der Waals surface area contributed by atoms with Gasteiger partial charge in [0.15, 0.2) is 0 Å². The van der Waals surface area contributed by atoms with Crippen molar-refractivity contribution in [3.63, 3.8) is 0 Å². The highest BCUT2D eigenvalue weighted by Gasteiger charge is 2.04. The van der Waals surface area contributed by atoms with Crippen LogP contribution < -0.4 is 10.6 Å². The van der Waals surface area contributed by atoms with Crippen LogP contribution in [0.3, 0.4) is 0 Å². The normalized spacial score (nSPS) is 10.6. The van der Waals surface area contributed by atoms with E-state index >= 15 is 0 Å². The molecule has 0 unspecified atom stereocenters. The monoisotopic (exact) mass is 336 g/mol. The Balaban J connectivity index is 1.73. The standard InChI is InChI=1S/C20H21FN4/c1-13-4-9-18(10-14(13)2)24-19-11-15(3)23-20(25-19)22-12-16-5-7-17(21)8-6-16/h4-11H,12H2,1-3H3,(H2,22,23,24,25). The number of hydrogen-bond acceptors (Lipinski definition) is 4. The Morgan fingerprint density at radius 1 is 0.880 bits per heavy atom. The lowest BCUT2D eigenvalue weighted by molar-refractivity contribution is 0.627. The lowest BCUT2D eigenvalue weighted by Crippen LogP contribution is -2.06. The van der Waals surface area contributed by atoms with E-state index in [1.807, 2.05) is 19.1 Å². The van der Waals surface area contributed by atoms with Crippen LogP contribution in [0, 0.1) is 26.6 Å². The highest BCUT2D eigenvalue weighted by Crippen LogP contribution is 2.20. The zero-order chi connectivity index (χ0) is 17.8. The fraction of sp³-hybridized carbons (Fsp3) is 0.200. The molecule has 0 fully saturated rings. The van der Waals surface area contributed by atoms with Gasteiger partial charge in [0, 0.05) is 24.0 Å². The minimum atomic E-state index is -0.240. The number of aromatic nitrogens is 2. The maximum Gasteiger partial charge on any atom is 0.225 e. The Bertz CT molecular complexity index is 875. The van der Waals surface area contributed by atoms with Crippen LogP contribution in [-0.2, 0) is 6.54 Å². The van der Waals surface area contributed by atoms with Gasteiger partial charge in [-0.15, -0.1) is 0 Å². The molecule has 0 saturated carbocycles. The average Bonchev–Trinajstić information content (AvgIpc) is 2.57. The maximum atomic E-state index is 13.0. The highest BCUT2D eigenvalue weighted by atomic mass is 19.1. The molecule has 128 valence electrons. The topological polar surface area (TPSA) is 49.8 Å². The van der Waals surface area contributed by atoms with Gasteiger partial charge in [-0.25, -0.2) is 9.37 Å². The van der Waals surface area contributed by atoms with E-state index in [0.717, 1.165) is 22.8 Å². The zero-order valence-corrected chi connectivity index (χ0v) is 14.6. The molecule has 3 aromatic rings. The number of halogens is 1. The molecular formula is C20H21FN4. The summed E-state index contributed by atoms with van der Waals surface area (Å²) < 4.78 is 13.0. The third-order valence-corrected chi connectivity index (χ3v) is 4.00. The molecule has 25 heavy (non-hydrogen) atoms. The number of benzene rings is 2. The van der Waals surface area contributed by atoms with E-state index in [0.29, 0.717) is 12.5 Å². The predicted octanol–water partition coefficient (Wildman–Crippen LogP) is 4.90. The van der Waals surface area contributed by atoms with Gasteiger partial charge in [0.2, 0.25) is 5.95 Å². The zero-order valence-electron chi connectivity index (χ0n) is 14.6. The van der Waals surface area contributed by atoms with Gasteiger partial charge in [0.05, 0.1) is 0 Å². The minimum absolute atomic E-state index is 0.240. The van der Waals surface area contributed by atoms with E-state index < -0.39 is 0 Å². The molecule has 0 saturated heterocycles. The smallest absolute Gasteiger partial charge is 0.225 e. The van der Waals surface area contributed by atoms with Crippen LogP contribution in [-0.4, -0.2) is 9.97 Å². The summed E-state index contributed by atoms with van der Waals surface area (Å²) in [5.74, 6) is 1.03. The van der Waals surface area contributed by atoms with Crippen LogP contribution in [0.1, 0.15) is 22.4 Å². The summed E-state index contributed by atoms with van der Waals surface area (Å²) in [6.07, 6.45) is 0. The van der Waals surface area contributed by atoms with Gasteiger partial charge in [-0.2, -0.15) is 4.98 Å². The van der Waals surface area contributed by atoms with Gasteiger partial charge in [0.1, 0.15) is 11.6 Å². The number of rotatable bonds is 5. The highest BCUT2D eigenvalue weighted by molar-refractivity contribution is 5.59. The molecule has 0 spiro atoms. The molecule has 4 nitrogen and oxygen atoms in total. The third-order valence-electron chi connectivity index (χ3n) is 4.00. The summed E-state index contributed by atoms with van der Waals surface area (Å²) in [5.41, 5.74) is 5.31. The van der Waals surface area contributed by atoms with Gasteiger partial charge in [-0.3, -0.25) is 0 Å². The third kappa shape index (κ3) is 4.53. The van der Waals surface area contributed by atoms with Crippen molar-refractivity contribution >= 4 is 17.5 Å². The van der Waals surface area contributed by atoms with E-state index in [1.54, 1.807) is 12.1 Å². The van der Waals surface area contributed by atoms with Gasteiger partial charge in [-0.1, -0.05) is 18.2 Å². The van der Waals surface area contributed by atoms with E-state index in [9.17, 15) is 4.39 Å². The molecule has 1 heterocycles. The van der Waals surface area contributed by atoms with E-state index in [1.165, 1.54) is 23.3 Å². The predicted molar refractivity (Wildman–Crippen MR) is 99.7 cm³/mol. The first-order valence-corrected chi connectivity index (χ1v) is 8.18. The second-order valence-electron chi connectivity index (χ2n) is 6.12. The SMILES string of the molecule is Cc1cc(Nc2ccc(C)c(C)c2)nc(NCc2ccc(F)cc2)n1. The molecule has 0 bridgehead atoms. The van der Waals surface area contributed by atoms with Crippen LogP contribution >= 0.6 is 0 Å². The summed E-state index contributed by atoms with van der Waals surface area (Å²) in [6, 6.07) is 14.5. The molecule has 0 aliphatic heterocycles. The van der Waals surface area contributed by atoms with Gasteiger partial charge < -0.3 is 10.6 Å². The van der Waals surface area contributed by atoms with Crippen molar-refractivity contribution in [3.05, 3.63) is 76.7 Å². The largest absolute Gasteiger partial charge is 0.350 e. The molecule has 3 rings (SSSR count). The van der Waals surface area contributed by atoms with Crippen LogP contribution in [0.25, 0.3) is 0 Å². The molecule has 0 aliphatic carbocycles. The summed E-state index contributed by atoms with van der Waals surface area (Å²) in [5, 5.41) is 6.50. The Labute approximate surface area is 147 Å². The van der Waals surface area contributed by atoms with Crippen molar-refractivity contribution in [1.82, 2.24) is 9.97 Å². The summed E-state index contributed by atoms with van der Waals surface area (Å²) in [4.78, 5) is 8.91. The Morgan fingerprint density at radius 3 is 2.36 bits per heavy atom. The lowest BCUT2D eigenvalue weighted by Gasteiger charge is -2.11. The van der Waals surface area contributed by atoms with Crippen LogP contribution in [0.5, 0.6) is 0 Å². The van der Waals surface area contributed by atoms with Crippen LogP contribution in [0.4, 0.5) is 21.8 Å². The second kappa shape index (κ2) is 7.30. The molecule has 2 N–H and O–H groups in total. The van der Waals surface area contributed by atoms with Crippen molar-refractivity contribution in [2.45, 2.75) is 27.3 Å². The number of nitrogens with zero attached hydrogens (tertiary/aromatic N) is 2. The van der Waals surface area contributed by atoms with Crippen molar-refractivity contribution < 1.29 is 4.39 Å². The molecular weight excluding hydrogens is 315 g/mol. The van der Waals surface area contributed by atoms with Crippen molar-refractivity contribution in [1.29, 1.82) is 0 Å². The second-order valence-corrected chi connectivity index (χ2v) is 6.12. The summed E-state index contributed by atoms with van der Waals surface area (Å²) >= 11 is 0. The molecule has 1 aromatic heterocycles. The van der Waals surface area contributed by atoms with Crippen molar-refractivity contribution in [2.24, 2.45) is 0 Å². The Kier molecular flexibility index (Phi) is 4.93. The molecule has 0 aliphatic rings. The molecule has 2 aromatic carbocycles. The first-order valence-electron chi connectivity index (χ1n) is 8.18. The van der Waals surface area contributed by atoms with Gasteiger partial charge in [0.25, 0.3) is 0 Å². The lowest BCUT2D eigenvalue weighted by atomic mass is 10.1. The van der Waals surface area contributed by atoms with E-state index in [2.05, 4.69) is 46.6 Å². The van der Waals surface area contributed by atoms with Crippen LogP contribution in [0.15, 0.2) is 48.5 Å². The maximum absolute atomic E-state index is 13.0. The fourth-order valence-electron chi connectivity index (χ4n) is 2.46. The summed E-state index contributed by atoms with van der Waals surface area (Å²) in [6.45, 7) is 6.63. The van der Waals surface area contributed by atoms with Crippen molar-refractivity contribution in [2.75, 3.05) is 10.6 Å². The number of anilines is 3. The summed E-state index contributed by atoms with van der Waals surface area (Å²) in [7, 11) is 0. The molecule has 5 heteroatoms. The number of aryl methyl sites for hydroxylation is 3. The quantitative estimate of drug-likeness (QED) is 0.696. The molecule has 0 radical (unpaired) electrons. The Hall–Kier alpha value is -2.95. The first kappa shape index (κ1) is 16.9. The Morgan fingerprint density at radius 2 is 1.64 bits per heavy atom. The number of hydrogen-bond donors (Lipinski definition) is 2. The van der Waals surface area contributed by atoms with Gasteiger partial charge >= 0.3 is 0 Å². The van der Waals surface area contributed by atoms with Gasteiger partial charge in [-0.05, 0) is 61.7 Å². The first-order chi connectivity index (χ1) is 12.0. The van der Waals surface area contributed by atoms with E-state index in [-0.39, 0.29) is 5.82 Å². The minimum Gasteiger partial charge on any atom is -0.350 e. The van der Waals surface area contributed by atoms with Crippen molar-refractivity contribution in [3.8, 4) is 0 Å². The fourth-order valence-corrected chi connectivity index (χ4v) is 2.46. The average molecular weight is 336 g/mol. The van der Waals surface area contributed by atoms with E-state index in [4.69, 9.17) is 0 Å². The van der Waals surface area contributed by atoms with Crippen LogP contribution in [0.2, 0.25) is 0 Å². The molecule has 0 amide bonds.